The van der Waals surface area contributed by atoms with Gasteiger partial charge in [-0.1, -0.05) is 58.5 Å². The molecule has 2 saturated carbocycles. The normalized spacial score (nSPS) is 44.2. The fourth-order valence-electron chi connectivity index (χ4n) is 2.76. The SMILES string of the molecule is C[C@@H]1[C@H](C)CCC[C@H]1NC(=O)[C@]1(C)CC1(Br)Br. The van der Waals surface area contributed by atoms with E-state index in [4.69, 9.17) is 0 Å². The summed E-state index contributed by atoms with van der Waals surface area (Å²) in [6, 6.07) is 0.361. The molecule has 4 heteroatoms. The molecule has 0 bridgehead atoms. The Balaban J connectivity index is 1.95. The minimum atomic E-state index is -0.284. The lowest BCUT2D eigenvalue weighted by Crippen LogP contribution is -2.46. The topological polar surface area (TPSA) is 29.1 Å². The van der Waals surface area contributed by atoms with Crippen molar-refractivity contribution in [2.75, 3.05) is 0 Å². The van der Waals surface area contributed by atoms with Crippen LogP contribution in [0.1, 0.15) is 46.5 Å². The Kier molecular flexibility index (Phi) is 3.68. The second-order valence-electron chi connectivity index (χ2n) is 6.06. The average Bonchev–Trinajstić information content (AvgIpc) is 2.75. The van der Waals surface area contributed by atoms with Gasteiger partial charge in [0.25, 0.3) is 0 Å². The Hall–Kier alpha value is 0.430. The predicted octanol–water partition coefficient (Wildman–Crippen LogP) is 3.82. The molecule has 0 aromatic carbocycles. The van der Waals surface area contributed by atoms with Crippen molar-refractivity contribution < 1.29 is 4.79 Å². The van der Waals surface area contributed by atoms with Crippen molar-refractivity contribution in [1.29, 1.82) is 0 Å². The average molecular weight is 367 g/mol. The monoisotopic (exact) mass is 365 g/mol. The third kappa shape index (κ3) is 2.44. The smallest absolute Gasteiger partial charge is 0.228 e. The van der Waals surface area contributed by atoms with E-state index in [-0.39, 0.29) is 14.6 Å². The fourth-order valence-corrected chi connectivity index (χ4v) is 4.24. The highest BCUT2D eigenvalue weighted by molar-refractivity contribution is 9.25. The molecule has 2 fully saturated rings. The molecule has 1 N–H and O–H groups in total. The Bertz CT molecular complexity index is 331. The summed E-state index contributed by atoms with van der Waals surface area (Å²) < 4.78 is -0.180. The summed E-state index contributed by atoms with van der Waals surface area (Å²) >= 11 is 7.11. The quantitative estimate of drug-likeness (QED) is 0.739. The van der Waals surface area contributed by atoms with Gasteiger partial charge in [0.1, 0.15) is 0 Å². The van der Waals surface area contributed by atoms with Gasteiger partial charge in [0, 0.05) is 6.04 Å². The summed E-state index contributed by atoms with van der Waals surface area (Å²) in [7, 11) is 0. The molecule has 0 radical (unpaired) electrons. The first-order valence-corrected chi connectivity index (χ1v) is 8.05. The van der Waals surface area contributed by atoms with Gasteiger partial charge in [0.05, 0.1) is 8.65 Å². The van der Waals surface area contributed by atoms with E-state index >= 15 is 0 Å². The van der Waals surface area contributed by atoms with Crippen molar-refractivity contribution in [3.05, 3.63) is 0 Å². The lowest BCUT2D eigenvalue weighted by molar-refractivity contribution is -0.127. The van der Waals surface area contributed by atoms with E-state index < -0.39 is 0 Å². The number of halogens is 2. The van der Waals surface area contributed by atoms with Crippen LogP contribution in [0.3, 0.4) is 0 Å². The molecule has 1 amide bonds. The van der Waals surface area contributed by atoms with Gasteiger partial charge in [-0.05, 0) is 31.6 Å². The molecule has 98 valence electrons. The second-order valence-corrected chi connectivity index (χ2v) is 9.83. The highest BCUT2D eigenvalue weighted by Crippen LogP contribution is 2.66. The van der Waals surface area contributed by atoms with Crippen LogP contribution < -0.4 is 5.32 Å². The molecule has 0 spiro atoms. The zero-order chi connectivity index (χ0) is 12.8. The summed E-state index contributed by atoms with van der Waals surface area (Å²) in [5.74, 6) is 1.51. The number of nitrogens with one attached hydrogen (secondary N) is 1. The van der Waals surface area contributed by atoms with Crippen molar-refractivity contribution >= 4 is 37.8 Å². The lowest BCUT2D eigenvalue weighted by Gasteiger charge is -2.35. The Morgan fingerprint density at radius 3 is 2.41 bits per heavy atom. The highest BCUT2D eigenvalue weighted by atomic mass is 79.9. The molecule has 0 heterocycles. The number of carbonyl (C=O) groups excluding carboxylic acids is 1. The molecule has 17 heavy (non-hydrogen) atoms. The van der Waals surface area contributed by atoms with Gasteiger partial charge in [-0.3, -0.25) is 4.79 Å². The molecule has 2 rings (SSSR count). The maximum Gasteiger partial charge on any atom is 0.228 e. The van der Waals surface area contributed by atoms with E-state index in [0.717, 1.165) is 18.8 Å². The zero-order valence-electron chi connectivity index (χ0n) is 10.7. The third-order valence-corrected chi connectivity index (χ3v) is 7.09. The van der Waals surface area contributed by atoms with Crippen molar-refractivity contribution in [3.63, 3.8) is 0 Å². The van der Waals surface area contributed by atoms with Crippen LogP contribution in [0.4, 0.5) is 0 Å². The highest BCUT2D eigenvalue weighted by Gasteiger charge is 2.66. The zero-order valence-corrected chi connectivity index (χ0v) is 13.9. The number of alkyl halides is 2. The minimum Gasteiger partial charge on any atom is -0.353 e. The predicted molar refractivity (Wildman–Crippen MR) is 77.4 cm³/mol. The van der Waals surface area contributed by atoms with E-state index in [9.17, 15) is 4.79 Å². The third-order valence-electron chi connectivity index (χ3n) is 4.78. The standard InChI is InChI=1S/C13H21Br2NO/c1-8-5-4-6-10(9(8)2)16-11(17)12(3)7-13(12,14)15/h8-10H,4-7H2,1-3H3,(H,16,17)/t8-,9-,10-,12+/m1/s1. The second kappa shape index (κ2) is 4.52. The molecule has 2 aliphatic rings. The first-order valence-electron chi connectivity index (χ1n) is 6.47. The van der Waals surface area contributed by atoms with Gasteiger partial charge in [-0.25, -0.2) is 0 Å². The maximum atomic E-state index is 12.3. The molecule has 2 aliphatic carbocycles. The first kappa shape index (κ1) is 13.9. The van der Waals surface area contributed by atoms with Crippen LogP contribution in [0, 0.1) is 17.3 Å². The number of amides is 1. The Labute approximate surface area is 121 Å². The minimum absolute atomic E-state index is 0.180. The van der Waals surface area contributed by atoms with Crippen LogP contribution in [0.25, 0.3) is 0 Å². The van der Waals surface area contributed by atoms with E-state index in [1.807, 2.05) is 6.92 Å². The summed E-state index contributed by atoms with van der Waals surface area (Å²) in [6.07, 6.45) is 4.53. The molecule has 0 aliphatic heterocycles. The van der Waals surface area contributed by atoms with Crippen LogP contribution in [0.15, 0.2) is 0 Å². The van der Waals surface area contributed by atoms with E-state index in [2.05, 4.69) is 51.0 Å². The van der Waals surface area contributed by atoms with E-state index in [0.29, 0.717) is 12.0 Å². The van der Waals surface area contributed by atoms with Crippen LogP contribution in [0.5, 0.6) is 0 Å². The maximum absolute atomic E-state index is 12.3. The van der Waals surface area contributed by atoms with Gasteiger partial charge in [-0.2, -0.15) is 0 Å². The van der Waals surface area contributed by atoms with Gasteiger partial charge >= 0.3 is 0 Å². The number of hydrogen-bond donors (Lipinski definition) is 1. The molecular formula is C13H21Br2NO. The van der Waals surface area contributed by atoms with Gasteiger partial charge in [-0.15, -0.1) is 0 Å². The molecule has 0 aromatic heterocycles. The van der Waals surface area contributed by atoms with Crippen molar-refractivity contribution in [2.45, 2.75) is 55.7 Å². The van der Waals surface area contributed by atoms with E-state index in [1.54, 1.807) is 0 Å². The number of hydrogen-bond acceptors (Lipinski definition) is 1. The van der Waals surface area contributed by atoms with Crippen molar-refractivity contribution in [1.82, 2.24) is 5.32 Å². The summed E-state index contributed by atoms with van der Waals surface area (Å²) in [5.41, 5.74) is -0.284. The van der Waals surface area contributed by atoms with Gasteiger partial charge in [0.15, 0.2) is 0 Å². The molecule has 0 unspecified atom stereocenters. The van der Waals surface area contributed by atoms with Crippen LogP contribution in [0.2, 0.25) is 0 Å². The lowest BCUT2D eigenvalue weighted by atomic mass is 9.78. The molecular weight excluding hydrogens is 346 g/mol. The van der Waals surface area contributed by atoms with E-state index in [1.165, 1.54) is 12.8 Å². The number of rotatable bonds is 2. The van der Waals surface area contributed by atoms with Gasteiger partial charge < -0.3 is 5.32 Å². The summed E-state index contributed by atoms with van der Waals surface area (Å²) in [5, 5.41) is 3.26. The van der Waals surface area contributed by atoms with Crippen molar-refractivity contribution in [2.24, 2.45) is 17.3 Å². The number of carbonyl (C=O) groups is 1. The largest absolute Gasteiger partial charge is 0.353 e. The summed E-state index contributed by atoms with van der Waals surface area (Å²) in [4.78, 5) is 12.3. The molecule has 0 aromatic rings. The molecule has 2 nitrogen and oxygen atoms in total. The first-order chi connectivity index (χ1) is 7.78. The van der Waals surface area contributed by atoms with Crippen LogP contribution in [-0.4, -0.2) is 15.2 Å². The Morgan fingerprint density at radius 1 is 1.29 bits per heavy atom. The van der Waals surface area contributed by atoms with Crippen LogP contribution >= 0.6 is 31.9 Å². The Morgan fingerprint density at radius 2 is 1.88 bits per heavy atom. The summed E-state index contributed by atoms with van der Waals surface area (Å²) in [6.45, 7) is 6.57. The van der Waals surface area contributed by atoms with Crippen molar-refractivity contribution in [3.8, 4) is 0 Å². The fraction of sp³-hybridized carbons (Fsp3) is 0.923. The van der Waals surface area contributed by atoms with Crippen LogP contribution in [-0.2, 0) is 4.79 Å². The molecule has 0 saturated heterocycles. The molecule has 4 atom stereocenters. The van der Waals surface area contributed by atoms with Gasteiger partial charge in [0.2, 0.25) is 5.91 Å².